The summed E-state index contributed by atoms with van der Waals surface area (Å²) in [7, 11) is 0. The summed E-state index contributed by atoms with van der Waals surface area (Å²) >= 11 is 3.34. The van der Waals surface area contributed by atoms with Crippen molar-refractivity contribution in [1.29, 1.82) is 0 Å². The zero-order valence-corrected chi connectivity index (χ0v) is 10.9. The summed E-state index contributed by atoms with van der Waals surface area (Å²) in [5, 5.41) is 7.67. The van der Waals surface area contributed by atoms with Crippen LogP contribution in [0.15, 0.2) is 46.5 Å². The molecule has 92 valence electrons. The second kappa shape index (κ2) is 6.06. The number of hydrogen-bond donors (Lipinski definition) is 1. The summed E-state index contributed by atoms with van der Waals surface area (Å²) in [6.45, 7) is 0.0949. The molecule has 0 aliphatic carbocycles. The predicted molar refractivity (Wildman–Crippen MR) is 69.9 cm³/mol. The number of rotatable bonds is 4. The minimum atomic E-state index is -0.256. The number of carbonyl (C=O) groups is 1. The summed E-state index contributed by atoms with van der Waals surface area (Å²) < 4.78 is 2.42. The van der Waals surface area contributed by atoms with E-state index < -0.39 is 0 Å². The number of nitrogens with zero attached hydrogens (tertiary/aromatic N) is 4. The van der Waals surface area contributed by atoms with E-state index in [2.05, 4.69) is 36.5 Å². The Morgan fingerprint density at radius 3 is 2.89 bits per heavy atom. The highest BCUT2D eigenvalue weighted by atomic mass is 79.9. The van der Waals surface area contributed by atoms with Gasteiger partial charge in [0, 0.05) is 4.47 Å². The molecule has 0 aliphatic heterocycles. The number of halogens is 1. The molecule has 0 spiro atoms. The Kier molecular flexibility index (Phi) is 4.19. The molecule has 2 rings (SSSR count). The zero-order valence-electron chi connectivity index (χ0n) is 9.32. The van der Waals surface area contributed by atoms with E-state index in [1.165, 1.54) is 17.3 Å². The van der Waals surface area contributed by atoms with Crippen molar-refractivity contribution >= 4 is 28.1 Å². The van der Waals surface area contributed by atoms with Crippen LogP contribution in [-0.4, -0.2) is 26.9 Å². The van der Waals surface area contributed by atoms with Crippen molar-refractivity contribution < 1.29 is 4.79 Å². The third-order valence-electron chi connectivity index (χ3n) is 2.05. The normalized spacial score (nSPS) is 10.7. The average molecular weight is 308 g/mol. The maximum Gasteiger partial charge on any atom is 0.261 e. The van der Waals surface area contributed by atoms with Gasteiger partial charge in [0.1, 0.15) is 19.2 Å². The van der Waals surface area contributed by atoms with E-state index in [0.717, 1.165) is 10.0 Å². The van der Waals surface area contributed by atoms with Crippen LogP contribution in [-0.2, 0) is 11.3 Å². The molecular formula is C11H10BrN5O. The number of hydrazone groups is 1. The van der Waals surface area contributed by atoms with E-state index in [1.807, 2.05) is 24.3 Å². The van der Waals surface area contributed by atoms with Gasteiger partial charge in [-0.3, -0.25) is 4.79 Å². The summed E-state index contributed by atoms with van der Waals surface area (Å²) in [4.78, 5) is 15.2. The first-order valence-electron chi connectivity index (χ1n) is 5.14. The Morgan fingerprint density at radius 1 is 1.44 bits per heavy atom. The molecule has 0 fully saturated rings. The lowest BCUT2D eigenvalue weighted by Gasteiger charge is -1.99. The number of amides is 1. The summed E-state index contributed by atoms with van der Waals surface area (Å²) in [5.74, 6) is -0.256. The number of carbonyl (C=O) groups excluding carboxylic acids is 1. The highest BCUT2D eigenvalue weighted by Crippen LogP contribution is 2.08. The molecule has 2 aromatic rings. The van der Waals surface area contributed by atoms with E-state index in [-0.39, 0.29) is 12.5 Å². The molecule has 0 aliphatic rings. The molecule has 7 heteroatoms. The van der Waals surface area contributed by atoms with Crippen LogP contribution < -0.4 is 5.43 Å². The molecule has 0 saturated carbocycles. The van der Waals surface area contributed by atoms with Crippen molar-refractivity contribution in [1.82, 2.24) is 20.2 Å². The second-order valence-electron chi connectivity index (χ2n) is 3.44. The Bertz CT molecular complexity index is 535. The molecule has 0 radical (unpaired) electrons. The van der Waals surface area contributed by atoms with E-state index in [1.54, 1.807) is 6.21 Å². The smallest absolute Gasteiger partial charge is 0.261 e. The van der Waals surface area contributed by atoms with Crippen LogP contribution in [0.3, 0.4) is 0 Å². The molecule has 1 aromatic carbocycles. The molecule has 6 nitrogen and oxygen atoms in total. The fourth-order valence-corrected chi connectivity index (χ4v) is 1.49. The van der Waals surface area contributed by atoms with Crippen LogP contribution in [0.2, 0.25) is 0 Å². The molecule has 18 heavy (non-hydrogen) atoms. The molecule has 0 atom stereocenters. The van der Waals surface area contributed by atoms with Gasteiger partial charge in [-0.05, 0) is 17.7 Å². The minimum absolute atomic E-state index is 0.0949. The molecular weight excluding hydrogens is 298 g/mol. The monoisotopic (exact) mass is 307 g/mol. The summed E-state index contributed by atoms with van der Waals surface area (Å²) in [6, 6.07) is 7.57. The molecule has 1 N–H and O–H groups in total. The summed E-state index contributed by atoms with van der Waals surface area (Å²) in [6.07, 6.45) is 4.42. The van der Waals surface area contributed by atoms with Crippen LogP contribution >= 0.6 is 15.9 Å². The SMILES string of the molecule is O=C(Cn1cncn1)N/N=C\c1ccc(Br)cc1. The third kappa shape index (κ3) is 3.77. The van der Waals surface area contributed by atoms with Gasteiger partial charge in [0.2, 0.25) is 0 Å². The van der Waals surface area contributed by atoms with E-state index in [4.69, 9.17) is 0 Å². The lowest BCUT2D eigenvalue weighted by Crippen LogP contribution is -2.23. The first kappa shape index (κ1) is 12.4. The van der Waals surface area contributed by atoms with Crippen molar-refractivity contribution in [2.24, 2.45) is 5.10 Å². The maximum absolute atomic E-state index is 11.4. The second-order valence-corrected chi connectivity index (χ2v) is 4.35. The molecule has 1 aromatic heterocycles. The van der Waals surface area contributed by atoms with Crippen molar-refractivity contribution in [3.63, 3.8) is 0 Å². The molecule has 1 amide bonds. The lowest BCUT2D eigenvalue weighted by molar-refractivity contribution is -0.121. The Hall–Kier alpha value is -2.02. The predicted octanol–water partition coefficient (Wildman–Crippen LogP) is 1.19. The fourth-order valence-electron chi connectivity index (χ4n) is 1.22. The third-order valence-corrected chi connectivity index (χ3v) is 2.57. The van der Waals surface area contributed by atoms with Gasteiger partial charge in [0.25, 0.3) is 5.91 Å². The van der Waals surface area contributed by atoms with Gasteiger partial charge in [0.15, 0.2) is 0 Å². The largest absolute Gasteiger partial charge is 0.271 e. The highest BCUT2D eigenvalue weighted by molar-refractivity contribution is 9.10. The minimum Gasteiger partial charge on any atom is -0.271 e. The van der Waals surface area contributed by atoms with E-state index in [9.17, 15) is 4.79 Å². The van der Waals surface area contributed by atoms with Crippen LogP contribution in [0, 0.1) is 0 Å². The standard InChI is InChI=1S/C11H10BrN5O/c12-10-3-1-9(2-4-10)5-14-16-11(18)6-17-8-13-7-15-17/h1-5,7-8H,6H2,(H,16,18)/b14-5-. The van der Waals surface area contributed by atoms with E-state index in [0.29, 0.717) is 0 Å². The fraction of sp³-hybridized carbons (Fsp3) is 0.0909. The lowest BCUT2D eigenvalue weighted by atomic mass is 10.2. The van der Waals surface area contributed by atoms with Crippen molar-refractivity contribution in [3.05, 3.63) is 47.0 Å². The first-order valence-corrected chi connectivity index (χ1v) is 5.93. The van der Waals surface area contributed by atoms with Gasteiger partial charge in [-0.2, -0.15) is 10.2 Å². The van der Waals surface area contributed by atoms with Gasteiger partial charge < -0.3 is 0 Å². The van der Waals surface area contributed by atoms with Gasteiger partial charge in [0.05, 0.1) is 6.21 Å². The van der Waals surface area contributed by atoms with Crippen molar-refractivity contribution in [2.45, 2.75) is 6.54 Å². The topological polar surface area (TPSA) is 72.2 Å². The van der Waals surface area contributed by atoms with Crippen LogP contribution in [0.5, 0.6) is 0 Å². The van der Waals surface area contributed by atoms with Gasteiger partial charge in [-0.25, -0.2) is 15.1 Å². The molecule has 0 unspecified atom stereocenters. The first-order chi connectivity index (χ1) is 8.74. The number of aromatic nitrogens is 3. The Labute approximate surface area is 112 Å². The average Bonchev–Trinajstić information content (AvgIpc) is 2.84. The molecule has 0 saturated heterocycles. The van der Waals surface area contributed by atoms with Gasteiger partial charge >= 0.3 is 0 Å². The van der Waals surface area contributed by atoms with Crippen molar-refractivity contribution in [3.8, 4) is 0 Å². The Morgan fingerprint density at radius 2 is 2.22 bits per heavy atom. The highest BCUT2D eigenvalue weighted by Gasteiger charge is 2.00. The number of nitrogens with one attached hydrogen (secondary N) is 1. The van der Waals surface area contributed by atoms with Crippen LogP contribution in [0.1, 0.15) is 5.56 Å². The van der Waals surface area contributed by atoms with Gasteiger partial charge in [-0.15, -0.1) is 0 Å². The molecule has 1 heterocycles. The van der Waals surface area contributed by atoms with Crippen molar-refractivity contribution in [2.75, 3.05) is 0 Å². The van der Waals surface area contributed by atoms with Crippen LogP contribution in [0.25, 0.3) is 0 Å². The quantitative estimate of drug-likeness (QED) is 0.681. The number of benzene rings is 1. The van der Waals surface area contributed by atoms with Gasteiger partial charge in [-0.1, -0.05) is 28.1 Å². The molecule has 0 bridgehead atoms. The summed E-state index contributed by atoms with van der Waals surface area (Å²) in [5.41, 5.74) is 3.32. The van der Waals surface area contributed by atoms with E-state index >= 15 is 0 Å². The zero-order chi connectivity index (χ0) is 12.8. The maximum atomic E-state index is 11.4. The van der Waals surface area contributed by atoms with Crippen LogP contribution in [0.4, 0.5) is 0 Å². The number of hydrogen-bond acceptors (Lipinski definition) is 4. The Balaban J connectivity index is 1.84.